The van der Waals surface area contributed by atoms with E-state index in [4.69, 9.17) is 0 Å². The molecule has 134 valence electrons. The zero-order valence-corrected chi connectivity index (χ0v) is 14.7. The van der Waals surface area contributed by atoms with Crippen LogP contribution >= 0.6 is 11.8 Å². The van der Waals surface area contributed by atoms with E-state index in [0.717, 1.165) is 5.56 Å². The average Bonchev–Trinajstić information content (AvgIpc) is 2.54. The Morgan fingerprint density at radius 2 is 1.68 bits per heavy atom. The van der Waals surface area contributed by atoms with Gasteiger partial charge in [0.25, 0.3) is 5.91 Å². The average molecular weight is 369 g/mol. The third kappa shape index (κ3) is 6.43. The fourth-order valence-corrected chi connectivity index (χ4v) is 2.93. The van der Waals surface area contributed by atoms with Crippen LogP contribution in [0.5, 0.6) is 0 Å². The number of quaternary nitrogens is 1. The summed E-state index contributed by atoms with van der Waals surface area (Å²) in [6, 6.07) is 14.9. The minimum Gasteiger partial charge on any atom is -0.340 e. The van der Waals surface area contributed by atoms with Gasteiger partial charge in [-0.25, -0.2) is 0 Å². The fourth-order valence-electron chi connectivity index (χ4n) is 2.40. The molecule has 2 aromatic carbocycles. The molecule has 1 amide bonds. The van der Waals surface area contributed by atoms with Crippen molar-refractivity contribution in [2.24, 2.45) is 0 Å². The molecule has 25 heavy (non-hydrogen) atoms. The van der Waals surface area contributed by atoms with Gasteiger partial charge in [0.2, 0.25) is 0 Å². The largest absolute Gasteiger partial charge is 0.446 e. The molecule has 0 aliphatic rings. The molecule has 0 heterocycles. The molecular formula is C18H20F3N2OS+. The number of carbonyl (C=O) groups excluding carboxylic acids is 1. The van der Waals surface area contributed by atoms with Gasteiger partial charge in [0.15, 0.2) is 0 Å². The summed E-state index contributed by atoms with van der Waals surface area (Å²) < 4.78 is 37.1. The Kier molecular flexibility index (Phi) is 6.50. The Morgan fingerprint density at radius 3 is 2.20 bits per heavy atom. The minimum atomic E-state index is -4.34. The van der Waals surface area contributed by atoms with Gasteiger partial charge in [0.1, 0.15) is 12.6 Å². The molecule has 1 atom stereocenters. The van der Waals surface area contributed by atoms with E-state index in [1.165, 1.54) is 29.2 Å². The fraction of sp³-hybridized carbons (Fsp3) is 0.278. The standard InChI is InChI=1S/C18H19F3N2OS/c1-23(2)12-16(13-6-4-3-5-7-13)22-17(24)14-8-10-15(11-9-14)25-18(19,20)21/h3-11,16H,12H2,1-2H3,(H,22,24)/p+1/t16-/m0/s1. The summed E-state index contributed by atoms with van der Waals surface area (Å²) in [5.74, 6) is -0.307. The Bertz CT molecular complexity index is 688. The van der Waals surface area contributed by atoms with Gasteiger partial charge in [-0.15, -0.1) is 0 Å². The van der Waals surface area contributed by atoms with E-state index in [1.807, 2.05) is 44.4 Å². The molecule has 2 aromatic rings. The first kappa shape index (κ1) is 19.3. The van der Waals surface area contributed by atoms with Gasteiger partial charge in [-0.2, -0.15) is 13.2 Å². The van der Waals surface area contributed by atoms with E-state index in [-0.39, 0.29) is 28.6 Å². The predicted molar refractivity (Wildman–Crippen MR) is 92.7 cm³/mol. The second-order valence-corrected chi connectivity index (χ2v) is 7.06. The van der Waals surface area contributed by atoms with Crippen molar-refractivity contribution in [1.29, 1.82) is 0 Å². The molecule has 0 aromatic heterocycles. The van der Waals surface area contributed by atoms with Gasteiger partial charge in [-0.05, 0) is 41.6 Å². The van der Waals surface area contributed by atoms with Gasteiger partial charge in [0.05, 0.1) is 14.1 Å². The number of rotatable bonds is 6. The SMILES string of the molecule is C[NH+](C)C[C@H](NC(=O)c1ccc(SC(F)(F)F)cc1)c1ccccc1. The van der Waals surface area contributed by atoms with Crippen molar-refractivity contribution in [3.8, 4) is 0 Å². The molecule has 0 bridgehead atoms. The van der Waals surface area contributed by atoms with E-state index in [0.29, 0.717) is 12.1 Å². The molecule has 0 radical (unpaired) electrons. The van der Waals surface area contributed by atoms with Crippen LogP contribution in [0.25, 0.3) is 0 Å². The monoisotopic (exact) mass is 369 g/mol. The number of hydrogen-bond donors (Lipinski definition) is 2. The molecule has 2 rings (SSSR count). The number of halogens is 3. The highest BCUT2D eigenvalue weighted by Crippen LogP contribution is 2.36. The van der Waals surface area contributed by atoms with Crippen LogP contribution in [-0.4, -0.2) is 32.1 Å². The van der Waals surface area contributed by atoms with Crippen LogP contribution in [0.1, 0.15) is 22.0 Å². The molecule has 0 spiro atoms. The summed E-state index contributed by atoms with van der Waals surface area (Å²) in [6.07, 6.45) is 0. The summed E-state index contributed by atoms with van der Waals surface area (Å²) in [4.78, 5) is 13.7. The zero-order valence-electron chi connectivity index (χ0n) is 13.9. The van der Waals surface area contributed by atoms with Crippen LogP contribution in [0, 0.1) is 0 Å². The van der Waals surface area contributed by atoms with E-state index >= 15 is 0 Å². The normalized spacial score (nSPS) is 12.9. The summed E-state index contributed by atoms with van der Waals surface area (Å²) in [7, 11) is 3.98. The van der Waals surface area contributed by atoms with E-state index in [1.54, 1.807) is 0 Å². The lowest BCUT2D eigenvalue weighted by atomic mass is 10.1. The maximum Gasteiger partial charge on any atom is 0.446 e. The maximum absolute atomic E-state index is 12.5. The summed E-state index contributed by atoms with van der Waals surface area (Å²) >= 11 is -0.195. The van der Waals surface area contributed by atoms with Gasteiger partial charge >= 0.3 is 5.51 Å². The first-order valence-corrected chi connectivity index (χ1v) is 8.57. The Morgan fingerprint density at radius 1 is 1.08 bits per heavy atom. The summed E-state index contributed by atoms with van der Waals surface area (Å²) in [5.41, 5.74) is -3.01. The summed E-state index contributed by atoms with van der Waals surface area (Å²) in [6.45, 7) is 0.692. The number of benzene rings is 2. The van der Waals surface area contributed by atoms with Crippen molar-refractivity contribution in [2.75, 3.05) is 20.6 Å². The van der Waals surface area contributed by atoms with Crippen molar-refractivity contribution in [1.82, 2.24) is 5.32 Å². The van der Waals surface area contributed by atoms with E-state index in [9.17, 15) is 18.0 Å². The Labute approximate surface area is 149 Å². The molecule has 0 saturated carbocycles. The van der Waals surface area contributed by atoms with Crippen LogP contribution in [0.4, 0.5) is 13.2 Å². The Hall–Kier alpha value is -1.99. The number of hydrogen-bond acceptors (Lipinski definition) is 2. The highest BCUT2D eigenvalue weighted by atomic mass is 32.2. The lowest BCUT2D eigenvalue weighted by molar-refractivity contribution is -0.860. The molecule has 3 nitrogen and oxygen atoms in total. The van der Waals surface area contributed by atoms with Crippen molar-refractivity contribution >= 4 is 17.7 Å². The topological polar surface area (TPSA) is 33.5 Å². The number of alkyl halides is 3. The second kappa shape index (κ2) is 8.40. The third-order valence-electron chi connectivity index (χ3n) is 3.47. The molecule has 0 aliphatic heterocycles. The van der Waals surface area contributed by atoms with Gasteiger partial charge < -0.3 is 10.2 Å². The molecule has 2 N–H and O–H groups in total. The molecule has 0 fully saturated rings. The zero-order chi connectivity index (χ0) is 18.4. The van der Waals surface area contributed by atoms with Crippen LogP contribution in [0.3, 0.4) is 0 Å². The minimum absolute atomic E-state index is 0.0568. The van der Waals surface area contributed by atoms with Crippen molar-refractivity contribution < 1.29 is 22.9 Å². The maximum atomic E-state index is 12.5. The van der Waals surface area contributed by atoms with E-state index < -0.39 is 5.51 Å². The smallest absolute Gasteiger partial charge is 0.340 e. The molecule has 7 heteroatoms. The van der Waals surface area contributed by atoms with Gasteiger partial charge in [0, 0.05) is 10.5 Å². The van der Waals surface area contributed by atoms with Crippen molar-refractivity contribution in [3.63, 3.8) is 0 Å². The lowest BCUT2D eigenvalue weighted by Crippen LogP contribution is -3.06. The number of carbonyl (C=O) groups is 1. The number of thioether (sulfide) groups is 1. The number of nitrogens with one attached hydrogen (secondary N) is 2. The highest BCUT2D eigenvalue weighted by molar-refractivity contribution is 8.00. The molecule has 0 saturated heterocycles. The number of likely N-dealkylation sites (N-methyl/N-ethyl adjacent to an activating group) is 1. The third-order valence-corrected chi connectivity index (χ3v) is 4.21. The Balaban J connectivity index is 2.10. The van der Waals surface area contributed by atoms with Crippen LogP contribution < -0.4 is 10.2 Å². The van der Waals surface area contributed by atoms with Crippen LogP contribution in [0.15, 0.2) is 59.5 Å². The molecule has 0 unspecified atom stereocenters. The quantitative estimate of drug-likeness (QED) is 0.768. The lowest BCUT2D eigenvalue weighted by Gasteiger charge is -2.21. The van der Waals surface area contributed by atoms with Crippen LogP contribution in [0.2, 0.25) is 0 Å². The molecular weight excluding hydrogens is 349 g/mol. The number of amides is 1. The first-order valence-electron chi connectivity index (χ1n) is 7.75. The van der Waals surface area contributed by atoms with Crippen LogP contribution in [-0.2, 0) is 0 Å². The second-order valence-electron chi connectivity index (χ2n) is 5.92. The van der Waals surface area contributed by atoms with E-state index in [2.05, 4.69) is 5.32 Å². The predicted octanol–water partition coefficient (Wildman–Crippen LogP) is 2.91. The van der Waals surface area contributed by atoms with Crippen molar-refractivity contribution in [2.45, 2.75) is 16.4 Å². The summed E-state index contributed by atoms with van der Waals surface area (Å²) in [5, 5.41) is 2.96. The van der Waals surface area contributed by atoms with Gasteiger partial charge in [-0.3, -0.25) is 4.79 Å². The first-order chi connectivity index (χ1) is 11.7. The highest BCUT2D eigenvalue weighted by Gasteiger charge is 2.29. The van der Waals surface area contributed by atoms with Gasteiger partial charge in [-0.1, -0.05) is 30.3 Å². The van der Waals surface area contributed by atoms with Crippen molar-refractivity contribution in [3.05, 3.63) is 65.7 Å². The molecule has 0 aliphatic carbocycles.